The molecule has 9 nitrogen and oxygen atoms in total. The lowest BCUT2D eigenvalue weighted by molar-refractivity contribution is -0.155. The Kier molecular flexibility index (Phi) is 19.9. The molecule has 1 unspecified atom stereocenters. The predicted octanol–water partition coefficient (Wildman–Crippen LogP) is 5.15. The number of unbranched alkanes of at least 4 members (excludes halogenated alkanes) is 4. The van der Waals surface area contributed by atoms with Gasteiger partial charge >= 0.3 is 18.0 Å². The van der Waals surface area contributed by atoms with Crippen molar-refractivity contribution in [1.82, 2.24) is 4.90 Å². The number of ether oxygens (including phenoxy) is 3. The summed E-state index contributed by atoms with van der Waals surface area (Å²) in [5, 5.41) is 0. The molecule has 2 amide bonds. The quantitative estimate of drug-likeness (QED) is 0.0724. The predicted molar refractivity (Wildman–Crippen MR) is 136 cm³/mol. The van der Waals surface area contributed by atoms with E-state index in [0.717, 1.165) is 30.6 Å². The van der Waals surface area contributed by atoms with E-state index in [-0.39, 0.29) is 50.8 Å². The Morgan fingerprint density at radius 3 is 2.03 bits per heavy atom. The summed E-state index contributed by atoms with van der Waals surface area (Å²) in [5.41, 5.74) is 0. The lowest BCUT2D eigenvalue weighted by Crippen LogP contribution is -2.44. The zero-order chi connectivity index (χ0) is 27.2. The molecule has 0 fully saturated rings. The molecule has 0 aromatic rings. The van der Waals surface area contributed by atoms with E-state index < -0.39 is 23.9 Å². The number of imide groups is 1. The number of ketones is 1. The molecule has 0 aliphatic rings. The maximum atomic E-state index is 13.2. The molecule has 0 aliphatic heterocycles. The number of rotatable bonds is 20. The van der Waals surface area contributed by atoms with E-state index in [0.29, 0.717) is 32.3 Å². The number of hydrogen-bond acceptors (Lipinski definition) is 8. The molecule has 0 aromatic carbocycles. The highest BCUT2D eigenvalue weighted by atomic mass is 16.6. The zero-order valence-electron chi connectivity index (χ0n) is 22.6. The maximum Gasteiger partial charge on any atom is 0.416 e. The normalized spacial score (nSPS) is 11.7. The molecule has 0 aliphatic carbocycles. The van der Waals surface area contributed by atoms with Crippen LogP contribution in [0.15, 0.2) is 12.2 Å². The van der Waals surface area contributed by atoms with Gasteiger partial charge in [0.25, 0.3) is 0 Å². The second kappa shape index (κ2) is 21.6. The van der Waals surface area contributed by atoms with E-state index in [1.807, 2.05) is 12.2 Å². The monoisotopic (exact) mass is 511 g/mol. The summed E-state index contributed by atoms with van der Waals surface area (Å²) in [4.78, 5) is 62.9. The van der Waals surface area contributed by atoms with Gasteiger partial charge in [-0.25, -0.2) is 9.69 Å². The van der Waals surface area contributed by atoms with Gasteiger partial charge in [0.2, 0.25) is 5.91 Å². The summed E-state index contributed by atoms with van der Waals surface area (Å²) in [7, 11) is 0. The smallest absolute Gasteiger partial charge is 0.416 e. The van der Waals surface area contributed by atoms with E-state index in [4.69, 9.17) is 14.2 Å². The third kappa shape index (κ3) is 15.3. The topological polar surface area (TPSA) is 116 Å². The highest BCUT2D eigenvalue weighted by molar-refractivity contribution is 6.04. The highest BCUT2D eigenvalue weighted by Gasteiger charge is 2.35. The first kappa shape index (κ1) is 33.3. The lowest BCUT2D eigenvalue weighted by atomic mass is 9.97. The van der Waals surface area contributed by atoms with E-state index >= 15 is 0 Å². The fourth-order valence-electron chi connectivity index (χ4n) is 3.48. The minimum Gasteiger partial charge on any atom is -0.466 e. The molecule has 0 radical (unpaired) electrons. The van der Waals surface area contributed by atoms with Gasteiger partial charge < -0.3 is 14.2 Å². The fraction of sp³-hybridized carbons (Fsp3) is 0.741. The van der Waals surface area contributed by atoms with Crippen molar-refractivity contribution >= 4 is 29.7 Å². The van der Waals surface area contributed by atoms with E-state index in [9.17, 15) is 24.0 Å². The number of Topliss-reactive ketones (excluding diaryl/α,β-unsaturated/α-hetero) is 1. The van der Waals surface area contributed by atoms with Crippen molar-refractivity contribution in [3.8, 4) is 0 Å². The van der Waals surface area contributed by atoms with Crippen LogP contribution in [0.1, 0.15) is 98.3 Å². The first-order valence-corrected chi connectivity index (χ1v) is 13.3. The van der Waals surface area contributed by atoms with Crippen LogP contribution >= 0.6 is 0 Å². The second-order valence-corrected chi connectivity index (χ2v) is 8.34. The Morgan fingerprint density at radius 1 is 0.722 bits per heavy atom. The molecule has 0 N–H and O–H groups in total. The second-order valence-electron chi connectivity index (χ2n) is 8.34. The molecule has 0 saturated carbocycles. The zero-order valence-corrected chi connectivity index (χ0v) is 22.6. The van der Waals surface area contributed by atoms with Gasteiger partial charge in [0.15, 0.2) is 0 Å². The molecule has 0 bridgehead atoms. The van der Waals surface area contributed by atoms with Gasteiger partial charge in [-0.3, -0.25) is 19.2 Å². The van der Waals surface area contributed by atoms with Crippen LogP contribution in [0, 0.1) is 5.92 Å². The maximum absolute atomic E-state index is 13.2. The fourth-order valence-corrected chi connectivity index (χ4v) is 3.48. The number of allylic oxidation sites excluding steroid dienone is 2. The van der Waals surface area contributed by atoms with Crippen LogP contribution in [-0.2, 0) is 33.4 Å². The van der Waals surface area contributed by atoms with Gasteiger partial charge in [-0.2, -0.15) is 0 Å². The molecule has 0 spiro atoms. The summed E-state index contributed by atoms with van der Waals surface area (Å²) in [5.74, 6) is -2.96. The summed E-state index contributed by atoms with van der Waals surface area (Å²) >= 11 is 0. The molecule has 9 heteroatoms. The van der Waals surface area contributed by atoms with Crippen LogP contribution in [0.3, 0.4) is 0 Å². The molecular weight excluding hydrogens is 466 g/mol. The molecule has 0 rings (SSSR count). The van der Waals surface area contributed by atoms with Crippen molar-refractivity contribution in [2.75, 3.05) is 26.4 Å². The Balaban J connectivity index is 5.07. The SMILES string of the molecule is CCCCCCC(=O)CCC(C(=O)OCC)C(=O)N(CCC/C=C/CCC(=O)OCC)C(=O)OCC. The average Bonchev–Trinajstić information content (AvgIpc) is 2.84. The number of carbonyl (C=O) groups excluding carboxylic acids is 5. The minimum atomic E-state index is -1.24. The summed E-state index contributed by atoms with van der Waals surface area (Å²) < 4.78 is 15.0. The van der Waals surface area contributed by atoms with Crippen molar-refractivity contribution in [2.24, 2.45) is 5.92 Å². The summed E-state index contributed by atoms with van der Waals surface area (Å²) in [6.07, 6.45) is 9.09. The Bertz CT molecular complexity index is 704. The minimum absolute atomic E-state index is 0.00601. The third-order valence-corrected chi connectivity index (χ3v) is 5.38. The molecule has 206 valence electrons. The van der Waals surface area contributed by atoms with Gasteiger partial charge in [0, 0.05) is 25.8 Å². The lowest BCUT2D eigenvalue weighted by Gasteiger charge is -2.24. The average molecular weight is 512 g/mol. The van der Waals surface area contributed by atoms with Gasteiger partial charge in [-0.05, 0) is 52.9 Å². The molecule has 0 aromatic heterocycles. The van der Waals surface area contributed by atoms with Crippen molar-refractivity contribution in [3.05, 3.63) is 12.2 Å². The van der Waals surface area contributed by atoms with Crippen molar-refractivity contribution in [3.63, 3.8) is 0 Å². The van der Waals surface area contributed by atoms with Crippen LogP contribution in [-0.4, -0.2) is 61.0 Å². The summed E-state index contributed by atoms with van der Waals surface area (Å²) in [6, 6.07) is 0. The van der Waals surface area contributed by atoms with E-state index in [1.165, 1.54) is 0 Å². The van der Waals surface area contributed by atoms with Crippen LogP contribution in [0.2, 0.25) is 0 Å². The van der Waals surface area contributed by atoms with Crippen molar-refractivity contribution in [2.45, 2.75) is 98.3 Å². The van der Waals surface area contributed by atoms with Gasteiger partial charge in [-0.1, -0.05) is 38.3 Å². The van der Waals surface area contributed by atoms with Gasteiger partial charge in [-0.15, -0.1) is 0 Å². The number of nitrogens with zero attached hydrogens (tertiary/aromatic N) is 1. The van der Waals surface area contributed by atoms with Gasteiger partial charge in [0.1, 0.15) is 11.7 Å². The number of esters is 2. The third-order valence-electron chi connectivity index (χ3n) is 5.38. The summed E-state index contributed by atoms with van der Waals surface area (Å²) in [6.45, 7) is 7.68. The molecule has 1 atom stereocenters. The molecule has 36 heavy (non-hydrogen) atoms. The van der Waals surface area contributed by atoms with E-state index in [1.54, 1.807) is 20.8 Å². The van der Waals surface area contributed by atoms with Gasteiger partial charge in [0.05, 0.1) is 19.8 Å². The molecule has 0 heterocycles. The van der Waals surface area contributed by atoms with Crippen molar-refractivity contribution < 1.29 is 38.2 Å². The van der Waals surface area contributed by atoms with Crippen LogP contribution in [0.25, 0.3) is 0 Å². The molecular formula is C27H45NO8. The van der Waals surface area contributed by atoms with Crippen LogP contribution < -0.4 is 0 Å². The van der Waals surface area contributed by atoms with Crippen LogP contribution in [0.4, 0.5) is 4.79 Å². The number of amides is 2. The van der Waals surface area contributed by atoms with Crippen molar-refractivity contribution in [1.29, 1.82) is 0 Å². The Labute approximate surface area is 215 Å². The first-order chi connectivity index (χ1) is 17.3. The number of carbonyl (C=O) groups is 5. The highest BCUT2D eigenvalue weighted by Crippen LogP contribution is 2.17. The standard InChI is InChI=1S/C27H45NO8/c1-5-9-10-14-17-22(29)19-20-23(26(32)35-7-3)25(31)28(27(33)36-8-4)21-16-13-11-12-15-18-24(30)34-6-2/h11-12,23H,5-10,13-21H2,1-4H3/b12-11+. The Hall–Kier alpha value is -2.71. The number of hydrogen-bond donors (Lipinski definition) is 0. The van der Waals surface area contributed by atoms with Crippen LogP contribution in [0.5, 0.6) is 0 Å². The Morgan fingerprint density at radius 2 is 1.39 bits per heavy atom. The largest absolute Gasteiger partial charge is 0.466 e. The van der Waals surface area contributed by atoms with E-state index in [2.05, 4.69) is 6.92 Å². The molecule has 0 saturated heterocycles. The first-order valence-electron chi connectivity index (χ1n) is 13.3.